The van der Waals surface area contributed by atoms with E-state index in [4.69, 9.17) is 9.47 Å². The number of unbranched alkanes of at least 4 members (excludes halogenated alkanes) is 7. The van der Waals surface area contributed by atoms with Crippen molar-refractivity contribution in [1.82, 2.24) is 0 Å². The summed E-state index contributed by atoms with van der Waals surface area (Å²) in [7, 11) is 3.42. The van der Waals surface area contributed by atoms with Crippen molar-refractivity contribution in [1.29, 1.82) is 0 Å². The molecule has 2 nitrogen and oxygen atoms in total. The molecule has 0 bridgehead atoms. The maximum Gasteiger partial charge on any atom is 0.156 e. The number of methoxy groups -OCH3 is 2. The van der Waals surface area contributed by atoms with Crippen molar-refractivity contribution >= 4 is 0 Å². The average Bonchev–Trinajstić information content (AvgIpc) is 2.40. The molecule has 0 N–H and O–H groups in total. The zero-order valence-corrected chi connectivity index (χ0v) is 12.6. The van der Waals surface area contributed by atoms with Crippen molar-refractivity contribution in [3.63, 3.8) is 0 Å². The summed E-state index contributed by atoms with van der Waals surface area (Å²) in [5, 5.41) is 0. The van der Waals surface area contributed by atoms with E-state index in [1.54, 1.807) is 14.2 Å². The van der Waals surface area contributed by atoms with Crippen LogP contribution in [0.3, 0.4) is 0 Å². The largest absolute Gasteiger partial charge is 0.356 e. The molecule has 18 heavy (non-hydrogen) atoms. The fourth-order valence-corrected chi connectivity index (χ4v) is 2.07. The van der Waals surface area contributed by atoms with Crippen molar-refractivity contribution in [3.05, 3.63) is 12.2 Å². The number of hydrogen-bond acceptors (Lipinski definition) is 2. The van der Waals surface area contributed by atoms with Crippen molar-refractivity contribution < 1.29 is 9.47 Å². The molecule has 108 valence electrons. The fourth-order valence-electron chi connectivity index (χ4n) is 2.07. The van der Waals surface area contributed by atoms with Crippen molar-refractivity contribution in [2.45, 2.75) is 77.4 Å². The van der Waals surface area contributed by atoms with Gasteiger partial charge in [0.2, 0.25) is 0 Å². The van der Waals surface area contributed by atoms with E-state index in [1.807, 2.05) is 0 Å². The number of hydrogen-bond donors (Lipinski definition) is 0. The van der Waals surface area contributed by atoms with Crippen molar-refractivity contribution in [3.8, 4) is 0 Å². The van der Waals surface area contributed by atoms with Gasteiger partial charge in [-0.15, -0.1) is 0 Å². The number of rotatable bonds is 13. The number of ether oxygens (including phenoxy) is 2. The van der Waals surface area contributed by atoms with Gasteiger partial charge in [-0.1, -0.05) is 51.2 Å². The monoisotopic (exact) mass is 256 g/mol. The summed E-state index contributed by atoms with van der Waals surface area (Å²) in [4.78, 5) is 0. The van der Waals surface area contributed by atoms with Gasteiger partial charge in [-0.3, -0.25) is 0 Å². The Morgan fingerprint density at radius 3 is 1.89 bits per heavy atom. The summed E-state index contributed by atoms with van der Waals surface area (Å²) in [6.07, 6.45) is 17.4. The molecule has 0 atom stereocenters. The Labute approximate surface area is 114 Å². The van der Waals surface area contributed by atoms with E-state index in [0.717, 1.165) is 6.42 Å². The van der Waals surface area contributed by atoms with E-state index < -0.39 is 0 Å². The molecule has 0 rings (SSSR count). The Kier molecular flexibility index (Phi) is 14.4. The van der Waals surface area contributed by atoms with Crippen LogP contribution in [-0.2, 0) is 9.47 Å². The van der Waals surface area contributed by atoms with E-state index in [0.29, 0.717) is 0 Å². The van der Waals surface area contributed by atoms with E-state index in [2.05, 4.69) is 19.1 Å². The highest BCUT2D eigenvalue weighted by Gasteiger charge is 2.03. The normalized spacial score (nSPS) is 11.8. The van der Waals surface area contributed by atoms with E-state index in [1.165, 1.54) is 57.8 Å². The Morgan fingerprint density at radius 2 is 1.33 bits per heavy atom. The van der Waals surface area contributed by atoms with Gasteiger partial charge >= 0.3 is 0 Å². The summed E-state index contributed by atoms with van der Waals surface area (Å²) in [6.45, 7) is 2.19. The lowest BCUT2D eigenvalue weighted by Gasteiger charge is -2.12. The second-order valence-electron chi connectivity index (χ2n) is 4.83. The van der Waals surface area contributed by atoms with E-state index in [9.17, 15) is 0 Å². The molecule has 0 heterocycles. The third-order valence-electron chi connectivity index (χ3n) is 3.24. The minimum atomic E-state index is -0.00430. The fraction of sp³-hybridized carbons (Fsp3) is 0.875. The van der Waals surface area contributed by atoms with Crippen LogP contribution in [0, 0.1) is 0 Å². The first kappa shape index (κ1) is 17.7. The molecule has 0 spiro atoms. The second kappa shape index (κ2) is 14.7. The molecule has 0 aromatic heterocycles. The third kappa shape index (κ3) is 12.1. The summed E-state index contributed by atoms with van der Waals surface area (Å²) in [5.41, 5.74) is 0. The molecule has 0 aliphatic heterocycles. The SMILES string of the molecule is CC/C=C/CCCCCCCCCC(OC)OC. The van der Waals surface area contributed by atoms with Crippen LogP contribution in [-0.4, -0.2) is 20.5 Å². The zero-order chi connectivity index (χ0) is 13.5. The Balaban J connectivity index is 3.09. The van der Waals surface area contributed by atoms with Gasteiger partial charge in [0.1, 0.15) is 0 Å². The Bertz CT molecular complexity index is 174. The van der Waals surface area contributed by atoms with Gasteiger partial charge in [0, 0.05) is 14.2 Å². The van der Waals surface area contributed by atoms with Gasteiger partial charge in [-0.2, -0.15) is 0 Å². The van der Waals surface area contributed by atoms with Gasteiger partial charge in [0.15, 0.2) is 6.29 Å². The van der Waals surface area contributed by atoms with E-state index >= 15 is 0 Å². The molecule has 0 radical (unpaired) electrons. The highest BCUT2D eigenvalue weighted by Crippen LogP contribution is 2.12. The standard InChI is InChI=1S/C16H32O2/c1-4-5-6-7-8-9-10-11-12-13-14-15-16(17-2)18-3/h5-6,16H,4,7-15H2,1-3H3/b6-5+. The van der Waals surface area contributed by atoms with Crippen LogP contribution in [0.2, 0.25) is 0 Å². The summed E-state index contributed by atoms with van der Waals surface area (Å²) in [5.74, 6) is 0. The van der Waals surface area contributed by atoms with Crippen LogP contribution < -0.4 is 0 Å². The van der Waals surface area contributed by atoms with Crippen LogP contribution in [0.1, 0.15) is 71.1 Å². The van der Waals surface area contributed by atoms with Crippen LogP contribution in [0.25, 0.3) is 0 Å². The molecule has 0 aromatic rings. The molecule has 2 heteroatoms. The lowest BCUT2D eigenvalue weighted by atomic mass is 10.1. The average molecular weight is 256 g/mol. The first-order valence-electron chi connectivity index (χ1n) is 7.55. The van der Waals surface area contributed by atoms with Crippen LogP contribution in [0.15, 0.2) is 12.2 Å². The molecule has 0 saturated carbocycles. The highest BCUT2D eigenvalue weighted by atomic mass is 16.7. The maximum absolute atomic E-state index is 5.16. The first-order chi connectivity index (χ1) is 8.85. The van der Waals surface area contributed by atoms with Crippen molar-refractivity contribution in [2.24, 2.45) is 0 Å². The molecule has 0 aromatic carbocycles. The van der Waals surface area contributed by atoms with Gasteiger partial charge < -0.3 is 9.47 Å². The minimum absolute atomic E-state index is 0.00430. The van der Waals surface area contributed by atoms with Crippen LogP contribution in [0.5, 0.6) is 0 Å². The zero-order valence-electron chi connectivity index (χ0n) is 12.6. The molecular weight excluding hydrogens is 224 g/mol. The second-order valence-corrected chi connectivity index (χ2v) is 4.83. The molecular formula is C16H32O2. The molecule has 0 aliphatic rings. The maximum atomic E-state index is 5.16. The summed E-state index contributed by atoms with van der Waals surface area (Å²) >= 11 is 0. The predicted octanol–water partition coefficient (Wildman–Crippen LogP) is 5.08. The smallest absolute Gasteiger partial charge is 0.156 e. The van der Waals surface area contributed by atoms with Crippen LogP contribution >= 0.6 is 0 Å². The molecule has 0 unspecified atom stereocenters. The molecule has 0 aliphatic carbocycles. The van der Waals surface area contributed by atoms with Gasteiger partial charge in [0.25, 0.3) is 0 Å². The van der Waals surface area contributed by atoms with Gasteiger partial charge in [-0.05, 0) is 32.1 Å². The molecule has 0 saturated heterocycles. The minimum Gasteiger partial charge on any atom is -0.356 e. The lowest BCUT2D eigenvalue weighted by Crippen LogP contribution is -2.12. The Hall–Kier alpha value is -0.340. The summed E-state index contributed by atoms with van der Waals surface area (Å²) in [6, 6.07) is 0. The van der Waals surface area contributed by atoms with Gasteiger partial charge in [-0.25, -0.2) is 0 Å². The van der Waals surface area contributed by atoms with E-state index in [-0.39, 0.29) is 6.29 Å². The van der Waals surface area contributed by atoms with Gasteiger partial charge in [0.05, 0.1) is 0 Å². The topological polar surface area (TPSA) is 18.5 Å². The lowest BCUT2D eigenvalue weighted by molar-refractivity contribution is -0.107. The Morgan fingerprint density at radius 1 is 0.778 bits per heavy atom. The molecule has 0 fully saturated rings. The quantitative estimate of drug-likeness (QED) is 0.260. The predicted molar refractivity (Wildman–Crippen MR) is 78.8 cm³/mol. The third-order valence-corrected chi connectivity index (χ3v) is 3.24. The van der Waals surface area contributed by atoms with Crippen LogP contribution in [0.4, 0.5) is 0 Å². The van der Waals surface area contributed by atoms with Crippen molar-refractivity contribution in [2.75, 3.05) is 14.2 Å². The molecule has 0 amide bonds. The highest BCUT2D eigenvalue weighted by molar-refractivity contribution is 4.79. The summed E-state index contributed by atoms with van der Waals surface area (Å²) < 4.78 is 10.3. The first-order valence-corrected chi connectivity index (χ1v) is 7.55. The number of allylic oxidation sites excluding steroid dienone is 2.